The minimum atomic E-state index is -0.642. The van der Waals surface area contributed by atoms with Gasteiger partial charge in [0.2, 0.25) is 5.82 Å². The molecule has 1 aromatic carbocycles. The summed E-state index contributed by atoms with van der Waals surface area (Å²) >= 11 is 0. The van der Waals surface area contributed by atoms with Crippen LogP contribution in [0.15, 0.2) is 30.6 Å². The van der Waals surface area contributed by atoms with Crippen LogP contribution in [0.2, 0.25) is 0 Å². The van der Waals surface area contributed by atoms with Crippen molar-refractivity contribution in [1.82, 2.24) is 9.97 Å². The molecular weight excluding hydrogens is 294 g/mol. The van der Waals surface area contributed by atoms with Crippen LogP contribution in [0.25, 0.3) is 11.1 Å². The molecule has 0 aliphatic heterocycles. The lowest BCUT2D eigenvalue weighted by molar-refractivity contribution is 0.0990. The van der Waals surface area contributed by atoms with E-state index in [2.05, 4.69) is 9.97 Å². The van der Waals surface area contributed by atoms with Gasteiger partial charge in [-0.15, -0.1) is 0 Å². The molecule has 120 valence electrons. The standard InChI is InChI=1S/C17H19N3O3/c1-22-14-7-6-11(8-15(14)23-13-4-2-3-5-13)12-9-19-17(16(18)21)20-10-12/h6-10,13H,2-5H2,1H3,(H2,18,21). The van der Waals surface area contributed by atoms with Crippen LogP contribution in [0.4, 0.5) is 0 Å². The van der Waals surface area contributed by atoms with E-state index in [9.17, 15) is 4.79 Å². The molecule has 1 amide bonds. The summed E-state index contributed by atoms with van der Waals surface area (Å²) in [7, 11) is 1.63. The van der Waals surface area contributed by atoms with Gasteiger partial charge in [0.15, 0.2) is 11.5 Å². The average molecular weight is 313 g/mol. The number of hydrogen-bond acceptors (Lipinski definition) is 5. The SMILES string of the molecule is COc1ccc(-c2cnc(C(N)=O)nc2)cc1OC1CCCC1. The number of carbonyl (C=O) groups is 1. The van der Waals surface area contributed by atoms with Crippen molar-refractivity contribution in [2.24, 2.45) is 5.73 Å². The highest BCUT2D eigenvalue weighted by molar-refractivity contribution is 5.88. The van der Waals surface area contributed by atoms with Gasteiger partial charge < -0.3 is 15.2 Å². The summed E-state index contributed by atoms with van der Waals surface area (Å²) in [6.07, 6.45) is 7.95. The van der Waals surface area contributed by atoms with E-state index in [-0.39, 0.29) is 11.9 Å². The summed E-state index contributed by atoms with van der Waals surface area (Å²) in [6, 6.07) is 5.68. The van der Waals surface area contributed by atoms with E-state index in [1.807, 2.05) is 18.2 Å². The second kappa shape index (κ2) is 6.64. The van der Waals surface area contributed by atoms with Crippen LogP contribution >= 0.6 is 0 Å². The number of nitrogens with two attached hydrogens (primary N) is 1. The molecule has 6 heteroatoms. The lowest BCUT2D eigenvalue weighted by Crippen LogP contribution is -2.14. The molecule has 0 saturated heterocycles. The first-order valence-corrected chi connectivity index (χ1v) is 7.64. The number of methoxy groups -OCH3 is 1. The van der Waals surface area contributed by atoms with Gasteiger partial charge in [0.1, 0.15) is 0 Å². The van der Waals surface area contributed by atoms with Gasteiger partial charge in [0, 0.05) is 18.0 Å². The molecule has 0 atom stereocenters. The molecule has 2 aromatic rings. The maximum atomic E-state index is 11.0. The highest BCUT2D eigenvalue weighted by atomic mass is 16.5. The Hall–Kier alpha value is -2.63. The van der Waals surface area contributed by atoms with E-state index in [0.717, 1.165) is 29.7 Å². The van der Waals surface area contributed by atoms with Crippen LogP contribution in [0.1, 0.15) is 36.3 Å². The van der Waals surface area contributed by atoms with Crippen LogP contribution in [0.5, 0.6) is 11.5 Å². The van der Waals surface area contributed by atoms with Gasteiger partial charge in [-0.25, -0.2) is 9.97 Å². The molecule has 0 radical (unpaired) electrons. The van der Waals surface area contributed by atoms with Crippen molar-refractivity contribution in [1.29, 1.82) is 0 Å². The Morgan fingerprint density at radius 1 is 1.13 bits per heavy atom. The second-order valence-corrected chi connectivity index (χ2v) is 5.55. The van der Waals surface area contributed by atoms with Crippen LogP contribution in [-0.2, 0) is 0 Å². The molecule has 1 aliphatic rings. The van der Waals surface area contributed by atoms with Gasteiger partial charge in [0.05, 0.1) is 13.2 Å². The Bertz CT molecular complexity index is 695. The number of rotatable bonds is 5. The molecular formula is C17H19N3O3. The first-order chi connectivity index (χ1) is 11.2. The van der Waals surface area contributed by atoms with Crippen LogP contribution < -0.4 is 15.2 Å². The molecule has 6 nitrogen and oxygen atoms in total. The minimum Gasteiger partial charge on any atom is -0.493 e. The molecule has 1 heterocycles. The average Bonchev–Trinajstić information content (AvgIpc) is 3.08. The topological polar surface area (TPSA) is 87.3 Å². The summed E-state index contributed by atoms with van der Waals surface area (Å²) in [5, 5.41) is 0. The molecule has 1 aromatic heterocycles. The van der Waals surface area contributed by atoms with Crippen molar-refractivity contribution in [3.05, 3.63) is 36.4 Å². The zero-order valence-electron chi connectivity index (χ0n) is 13.0. The van der Waals surface area contributed by atoms with Crippen molar-refractivity contribution in [3.8, 4) is 22.6 Å². The smallest absolute Gasteiger partial charge is 0.286 e. The van der Waals surface area contributed by atoms with Gasteiger partial charge in [-0.3, -0.25) is 4.79 Å². The molecule has 1 saturated carbocycles. The quantitative estimate of drug-likeness (QED) is 0.916. The number of hydrogen-bond donors (Lipinski definition) is 1. The molecule has 0 spiro atoms. The normalized spacial score (nSPS) is 14.7. The van der Waals surface area contributed by atoms with E-state index in [1.54, 1.807) is 19.5 Å². The zero-order chi connectivity index (χ0) is 16.2. The van der Waals surface area contributed by atoms with Gasteiger partial charge >= 0.3 is 0 Å². The van der Waals surface area contributed by atoms with Crippen molar-refractivity contribution in [3.63, 3.8) is 0 Å². The highest BCUT2D eigenvalue weighted by Crippen LogP contribution is 2.35. The number of nitrogens with zero attached hydrogens (tertiary/aromatic N) is 2. The molecule has 0 bridgehead atoms. The number of benzene rings is 1. The number of carbonyl (C=O) groups excluding carboxylic acids is 1. The predicted octanol–water partition coefficient (Wildman–Crippen LogP) is 2.57. The van der Waals surface area contributed by atoms with Crippen LogP contribution in [-0.4, -0.2) is 29.1 Å². The number of amides is 1. The van der Waals surface area contributed by atoms with Gasteiger partial charge in [-0.2, -0.15) is 0 Å². The first kappa shape index (κ1) is 15.3. The molecule has 3 rings (SSSR count). The Kier molecular flexibility index (Phi) is 4.41. The van der Waals surface area contributed by atoms with E-state index in [0.29, 0.717) is 5.75 Å². The summed E-state index contributed by atoms with van der Waals surface area (Å²) in [5.41, 5.74) is 6.84. The summed E-state index contributed by atoms with van der Waals surface area (Å²) in [5.74, 6) is 0.785. The first-order valence-electron chi connectivity index (χ1n) is 7.64. The summed E-state index contributed by atoms with van der Waals surface area (Å²) in [6.45, 7) is 0. The predicted molar refractivity (Wildman–Crippen MR) is 85.4 cm³/mol. The number of aromatic nitrogens is 2. The second-order valence-electron chi connectivity index (χ2n) is 5.55. The maximum absolute atomic E-state index is 11.0. The Balaban J connectivity index is 1.88. The third-order valence-electron chi connectivity index (χ3n) is 3.97. The zero-order valence-corrected chi connectivity index (χ0v) is 13.0. The van der Waals surface area contributed by atoms with E-state index in [1.165, 1.54) is 12.8 Å². The van der Waals surface area contributed by atoms with Gasteiger partial charge in [-0.1, -0.05) is 6.07 Å². The molecule has 1 aliphatic carbocycles. The van der Waals surface area contributed by atoms with Crippen LogP contribution in [0, 0.1) is 0 Å². The number of primary amides is 1. The highest BCUT2D eigenvalue weighted by Gasteiger charge is 2.19. The fourth-order valence-electron chi connectivity index (χ4n) is 2.74. The van der Waals surface area contributed by atoms with E-state index < -0.39 is 5.91 Å². The minimum absolute atomic E-state index is 0.00434. The van der Waals surface area contributed by atoms with Crippen molar-refractivity contribution < 1.29 is 14.3 Å². The monoisotopic (exact) mass is 313 g/mol. The fraction of sp³-hybridized carbons (Fsp3) is 0.353. The van der Waals surface area contributed by atoms with E-state index >= 15 is 0 Å². The Labute approximate surface area is 134 Å². The summed E-state index contributed by atoms with van der Waals surface area (Å²) in [4.78, 5) is 19.0. The largest absolute Gasteiger partial charge is 0.493 e. The molecule has 0 unspecified atom stereocenters. The van der Waals surface area contributed by atoms with Crippen molar-refractivity contribution in [2.45, 2.75) is 31.8 Å². The van der Waals surface area contributed by atoms with Gasteiger partial charge in [0.25, 0.3) is 5.91 Å². The Morgan fingerprint density at radius 3 is 2.43 bits per heavy atom. The molecule has 2 N–H and O–H groups in total. The number of ether oxygens (including phenoxy) is 2. The van der Waals surface area contributed by atoms with Crippen molar-refractivity contribution >= 4 is 5.91 Å². The maximum Gasteiger partial charge on any atom is 0.286 e. The third-order valence-corrected chi connectivity index (χ3v) is 3.97. The lowest BCUT2D eigenvalue weighted by atomic mass is 10.1. The van der Waals surface area contributed by atoms with Crippen molar-refractivity contribution in [2.75, 3.05) is 7.11 Å². The Morgan fingerprint density at radius 2 is 1.83 bits per heavy atom. The molecule has 1 fully saturated rings. The summed E-state index contributed by atoms with van der Waals surface area (Å²) < 4.78 is 11.5. The van der Waals surface area contributed by atoms with Gasteiger partial charge in [-0.05, 0) is 43.4 Å². The van der Waals surface area contributed by atoms with E-state index in [4.69, 9.17) is 15.2 Å². The fourth-order valence-corrected chi connectivity index (χ4v) is 2.74. The molecule has 23 heavy (non-hydrogen) atoms. The third kappa shape index (κ3) is 3.41. The lowest BCUT2D eigenvalue weighted by Gasteiger charge is -2.16. The van der Waals surface area contributed by atoms with Crippen LogP contribution in [0.3, 0.4) is 0 Å².